The van der Waals surface area contributed by atoms with Crippen molar-refractivity contribution in [1.82, 2.24) is 5.32 Å². The minimum atomic E-state index is -0.0417. The molecule has 0 aliphatic carbocycles. The fourth-order valence-corrected chi connectivity index (χ4v) is 0.915. The van der Waals surface area contributed by atoms with E-state index in [2.05, 4.69) is 5.32 Å². The van der Waals surface area contributed by atoms with Crippen molar-refractivity contribution in [3.8, 4) is 0 Å². The van der Waals surface area contributed by atoms with Crippen molar-refractivity contribution >= 4 is 0 Å². The number of hydrogen-bond donors (Lipinski definition) is 1. The number of hydrogen-bond acceptors (Lipinski definition) is 2. The highest BCUT2D eigenvalue weighted by atomic mass is 16.5. The molecule has 3 nitrogen and oxygen atoms in total. The van der Waals surface area contributed by atoms with E-state index in [-0.39, 0.29) is 4.65 Å². The Bertz CT molecular complexity index is 78.5. The highest BCUT2D eigenvalue weighted by Gasteiger charge is 2.18. The van der Waals surface area contributed by atoms with Crippen LogP contribution in [0.15, 0.2) is 0 Å². The summed E-state index contributed by atoms with van der Waals surface area (Å²) in [5.74, 6) is 0. The zero-order chi connectivity index (χ0) is 6.04. The number of nitrogens with one attached hydrogen (secondary N) is 1. The molecule has 1 N–H and O–H groups in total. The molecular formula is C5H12N2O. The van der Waals surface area contributed by atoms with Crippen LogP contribution < -0.4 is 5.32 Å². The minimum Gasteiger partial charge on any atom is -0.632 e. The summed E-state index contributed by atoms with van der Waals surface area (Å²) < 4.78 is -0.0417. The molecule has 0 aromatic rings. The van der Waals surface area contributed by atoms with E-state index >= 15 is 0 Å². The molecule has 0 aromatic carbocycles. The smallest absolute Gasteiger partial charge is 0.132 e. The van der Waals surface area contributed by atoms with E-state index < -0.39 is 0 Å². The summed E-state index contributed by atoms with van der Waals surface area (Å²) in [6, 6.07) is 0. The highest BCUT2D eigenvalue weighted by molar-refractivity contribution is 4.52. The number of hydroxylamine groups is 3. The van der Waals surface area contributed by atoms with Crippen molar-refractivity contribution in [1.29, 1.82) is 0 Å². The summed E-state index contributed by atoms with van der Waals surface area (Å²) in [5, 5.41) is 14.2. The minimum absolute atomic E-state index is 0.0417. The van der Waals surface area contributed by atoms with Crippen LogP contribution in [0.3, 0.4) is 0 Å². The Morgan fingerprint density at radius 2 is 2.50 bits per heavy atom. The Hall–Kier alpha value is -0.120. The van der Waals surface area contributed by atoms with Crippen LogP contribution in [0.1, 0.15) is 6.92 Å². The quantitative estimate of drug-likeness (QED) is 0.383. The molecule has 0 aromatic heterocycles. The fraction of sp³-hybridized carbons (Fsp3) is 1.00. The Labute approximate surface area is 49.5 Å². The third-order valence-corrected chi connectivity index (χ3v) is 1.67. The van der Waals surface area contributed by atoms with Gasteiger partial charge in [0.05, 0.1) is 19.6 Å². The van der Waals surface area contributed by atoms with Gasteiger partial charge in [0.25, 0.3) is 0 Å². The van der Waals surface area contributed by atoms with Crippen LogP contribution in [-0.4, -0.2) is 30.9 Å². The van der Waals surface area contributed by atoms with E-state index in [1.165, 1.54) is 0 Å². The average molecular weight is 116 g/mol. The third kappa shape index (κ3) is 0.992. The van der Waals surface area contributed by atoms with Gasteiger partial charge in [0.1, 0.15) is 6.67 Å². The molecule has 1 saturated heterocycles. The van der Waals surface area contributed by atoms with Crippen LogP contribution >= 0.6 is 0 Å². The molecular weight excluding hydrogens is 104 g/mol. The Morgan fingerprint density at radius 1 is 1.75 bits per heavy atom. The molecule has 1 heterocycles. The first-order valence-corrected chi connectivity index (χ1v) is 3.05. The second-order valence-corrected chi connectivity index (χ2v) is 2.26. The second-order valence-electron chi connectivity index (χ2n) is 2.26. The monoisotopic (exact) mass is 116 g/mol. The molecule has 1 rings (SSSR count). The van der Waals surface area contributed by atoms with Crippen molar-refractivity contribution in [2.24, 2.45) is 0 Å². The second kappa shape index (κ2) is 2.01. The molecule has 3 heteroatoms. The van der Waals surface area contributed by atoms with E-state index in [9.17, 15) is 5.21 Å². The van der Waals surface area contributed by atoms with Gasteiger partial charge in [-0.2, -0.15) is 0 Å². The van der Waals surface area contributed by atoms with Crippen LogP contribution in [0, 0.1) is 5.21 Å². The van der Waals surface area contributed by atoms with Crippen molar-refractivity contribution in [2.75, 3.05) is 26.3 Å². The molecule has 1 aliphatic heterocycles. The van der Waals surface area contributed by atoms with E-state index in [0.29, 0.717) is 13.2 Å². The van der Waals surface area contributed by atoms with Crippen LogP contribution in [0.5, 0.6) is 0 Å². The first-order chi connectivity index (χ1) is 3.77. The van der Waals surface area contributed by atoms with Gasteiger partial charge in [-0.15, -0.1) is 0 Å². The first kappa shape index (κ1) is 6.01. The maximum atomic E-state index is 11.1. The van der Waals surface area contributed by atoms with Gasteiger partial charge in [-0.25, -0.2) is 0 Å². The molecule has 1 fully saturated rings. The molecule has 0 radical (unpaired) electrons. The van der Waals surface area contributed by atoms with Gasteiger partial charge < -0.3 is 9.85 Å². The summed E-state index contributed by atoms with van der Waals surface area (Å²) in [5.41, 5.74) is 0. The predicted octanol–water partition coefficient (Wildman–Crippen LogP) is -0.118. The molecule has 1 aliphatic rings. The van der Waals surface area contributed by atoms with E-state index in [1.807, 2.05) is 6.92 Å². The molecule has 48 valence electrons. The van der Waals surface area contributed by atoms with Gasteiger partial charge in [0, 0.05) is 0 Å². The van der Waals surface area contributed by atoms with Gasteiger partial charge >= 0.3 is 0 Å². The number of rotatable bonds is 1. The number of likely N-dealkylation sites (N-methyl/N-ethyl adjacent to an activating group) is 1. The largest absolute Gasteiger partial charge is 0.632 e. The Kier molecular flexibility index (Phi) is 1.51. The third-order valence-electron chi connectivity index (χ3n) is 1.67. The van der Waals surface area contributed by atoms with Crippen LogP contribution in [-0.2, 0) is 0 Å². The lowest BCUT2D eigenvalue weighted by molar-refractivity contribution is -0.866. The van der Waals surface area contributed by atoms with Crippen LogP contribution in [0.2, 0.25) is 0 Å². The fourth-order valence-electron chi connectivity index (χ4n) is 0.915. The summed E-state index contributed by atoms with van der Waals surface area (Å²) in [4.78, 5) is 0. The molecule has 1 atom stereocenters. The first-order valence-electron chi connectivity index (χ1n) is 3.05. The SMILES string of the molecule is CC[N+]1([O-])CCNC1. The van der Waals surface area contributed by atoms with Crippen molar-refractivity contribution in [2.45, 2.75) is 6.92 Å². The lowest BCUT2D eigenvalue weighted by Gasteiger charge is -2.35. The summed E-state index contributed by atoms with van der Waals surface area (Å²) in [6.45, 7) is 4.87. The van der Waals surface area contributed by atoms with Gasteiger partial charge in [0.2, 0.25) is 0 Å². The Morgan fingerprint density at radius 3 is 2.75 bits per heavy atom. The average Bonchev–Trinajstić information content (AvgIpc) is 2.17. The predicted molar refractivity (Wildman–Crippen MR) is 31.9 cm³/mol. The van der Waals surface area contributed by atoms with Crippen LogP contribution in [0.4, 0.5) is 0 Å². The molecule has 0 bridgehead atoms. The lowest BCUT2D eigenvalue weighted by Crippen LogP contribution is -2.39. The maximum absolute atomic E-state index is 11.1. The molecule has 0 amide bonds. The van der Waals surface area contributed by atoms with Crippen LogP contribution in [0.25, 0.3) is 0 Å². The zero-order valence-electron chi connectivity index (χ0n) is 5.18. The van der Waals surface area contributed by atoms with E-state index in [4.69, 9.17) is 0 Å². The Balaban J connectivity index is 2.40. The van der Waals surface area contributed by atoms with Gasteiger partial charge in [-0.1, -0.05) is 0 Å². The van der Waals surface area contributed by atoms with Crippen molar-refractivity contribution in [3.05, 3.63) is 5.21 Å². The lowest BCUT2D eigenvalue weighted by atomic mass is 10.5. The number of nitrogens with zero attached hydrogens (tertiary/aromatic N) is 1. The maximum Gasteiger partial charge on any atom is 0.132 e. The van der Waals surface area contributed by atoms with Gasteiger partial charge in [-0.05, 0) is 6.92 Å². The summed E-state index contributed by atoms with van der Waals surface area (Å²) >= 11 is 0. The van der Waals surface area contributed by atoms with Gasteiger partial charge in [0.15, 0.2) is 0 Å². The normalized spacial score (nSPS) is 38.2. The standard InChI is InChI=1S/C5H12N2O/c1-2-7(8)4-3-6-5-7/h6H,2-5H2,1H3. The zero-order valence-corrected chi connectivity index (χ0v) is 5.18. The molecule has 1 unspecified atom stereocenters. The van der Waals surface area contributed by atoms with Crippen molar-refractivity contribution < 1.29 is 4.65 Å². The molecule has 8 heavy (non-hydrogen) atoms. The number of quaternary nitrogens is 1. The van der Waals surface area contributed by atoms with E-state index in [1.54, 1.807) is 0 Å². The summed E-state index contributed by atoms with van der Waals surface area (Å²) in [6.07, 6.45) is 0. The van der Waals surface area contributed by atoms with E-state index in [0.717, 1.165) is 13.1 Å². The molecule has 0 spiro atoms. The van der Waals surface area contributed by atoms with Crippen molar-refractivity contribution in [3.63, 3.8) is 0 Å². The topological polar surface area (TPSA) is 35.1 Å². The summed E-state index contributed by atoms with van der Waals surface area (Å²) in [7, 11) is 0. The van der Waals surface area contributed by atoms with Gasteiger partial charge in [-0.3, -0.25) is 5.32 Å². The highest BCUT2D eigenvalue weighted by Crippen LogP contribution is 2.04. The molecule has 0 saturated carbocycles.